The van der Waals surface area contributed by atoms with Crippen molar-refractivity contribution in [1.29, 1.82) is 0 Å². The third-order valence-corrected chi connectivity index (χ3v) is 7.88. The first kappa shape index (κ1) is 20.8. The first-order valence-corrected chi connectivity index (χ1v) is 11.5. The highest BCUT2D eigenvalue weighted by Gasteiger charge is 2.55. The van der Waals surface area contributed by atoms with Crippen LogP contribution in [0.25, 0.3) is 0 Å². The van der Waals surface area contributed by atoms with E-state index in [0.717, 1.165) is 41.4 Å². The molecule has 2 atom stereocenters. The van der Waals surface area contributed by atoms with Gasteiger partial charge in [0.1, 0.15) is 6.04 Å². The van der Waals surface area contributed by atoms with Gasteiger partial charge in [-0.05, 0) is 37.5 Å². The van der Waals surface area contributed by atoms with Crippen LogP contribution in [0.2, 0.25) is 0 Å². The van der Waals surface area contributed by atoms with Crippen molar-refractivity contribution in [2.75, 3.05) is 19.6 Å². The summed E-state index contributed by atoms with van der Waals surface area (Å²) in [6.45, 7) is 8.19. The number of amides is 2. The fourth-order valence-corrected chi connectivity index (χ4v) is 5.96. The van der Waals surface area contributed by atoms with Crippen LogP contribution in [0.15, 0.2) is 5.38 Å². The quantitative estimate of drug-likeness (QED) is 0.783. The summed E-state index contributed by atoms with van der Waals surface area (Å²) >= 11 is 1.71. The Morgan fingerprint density at radius 1 is 1.28 bits per heavy atom. The van der Waals surface area contributed by atoms with Gasteiger partial charge in [-0.2, -0.15) is 5.06 Å². The fraction of sp³-hybridized carbons (Fsp3) is 0.762. The molecular formula is C21H32N4O3S. The van der Waals surface area contributed by atoms with E-state index in [-0.39, 0.29) is 16.7 Å². The molecule has 3 aliphatic rings. The zero-order valence-electron chi connectivity index (χ0n) is 17.6. The minimum Gasteiger partial charge on any atom is -0.369 e. The van der Waals surface area contributed by atoms with Gasteiger partial charge >= 0.3 is 0 Å². The number of aromatic nitrogens is 1. The predicted octanol–water partition coefficient (Wildman–Crippen LogP) is 2.49. The van der Waals surface area contributed by atoms with E-state index in [1.54, 1.807) is 16.2 Å². The molecule has 4 rings (SSSR count). The van der Waals surface area contributed by atoms with Gasteiger partial charge in [0.25, 0.3) is 0 Å². The molecule has 2 amide bonds. The van der Waals surface area contributed by atoms with E-state index < -0.39 is 17.9 Å². The van der Waals surface area contributed by atoms with Crippen LogP contribution < -0.4 is 5.73 Å². The number of carbonyl (C=O) groups excluding carboxylic acids is 2. The lowest BCUT2D eigenvalue weighted by atomic mass is 9.80. The maximum absolute atomic E-state index is 13.2. The van der Waals surface area contributed by atoms with Crippen LogP contribution in [0.1, 0.15) is 69.5 Å². The number of nitrogens with two attached hydrogens (primary N) is 1. The van der Waals surface area contributed by atoms with Gasteiger partial charge in [0.2, 0.25) is 11.8 Å². The monoisotopic (exact) mass is 420 g/mol. The molecule has 1 saturated carbocycles. The van der Waals surface area contributed by atoms with E-state index in [1.165, 1.54) is 0 Å². The summed E-state index contributed by atoms with van der Waals surface area (Å²) in [6, 6.07) is -0.845. The van der Waals surface area contributed by atoms with Crippen LogP contribution in [0.4, 0.5) is 0 Å². The largest absolute Gasteiger partial charge is 0.369 e. The van der Waals surface area contributed by atoms with Gasteiger partial charge in [-0.15, -0.1) is 11.3 Å². The molecule has 1 spiro atoms. The molecule has 0 aromatic carbocycles. The normalized spacial score (nSPS) is 27.9. The van der Waals surface area contributed by atoms with Crippen molar-refractivity contribution < 1.29 is 14.8 Å². The van der Waals surface area contributed by atoms with E-state index in [4.69, 9.17) is 10.7 Å². The van der Waals surface area contributed by atoms with Crippen LogP contribution in [0, 0.1) is 11.3 Å². The van der Waals surface area contributed by atoms with Gasteiger partial charge in [0.05, 0.1) is 16.6 Å². The fourth-order valence-electron chi connectivity index (χ4n) is 4.74. The predicted molar refractivity (Wildman–Crippen MR) is 111 cm³/mol. The minimum absolute atomic E-state index is 0.0200. The van der Waals surface area contributed by atoms with Crippen molar-refractivity contribution in [2.45, 2.75) is 70.3 Å². The van der Waals surface area contributed by atoms with E-state index in [0.29, 0.717) is 32.0 Å². The first-order valence-electron chi connectivity index (χ1n) is 10.6. The summed E-state index contributed by atoms with van der Waals surface area (Å²) in [5, 5.41) is 14.9. The summed E-state index contributed by atoms with van der Waals surface area (Å²) in [5.41, 5.74) is 6.76. The summed E-state index contributed by atoms with van der Waals surface area (Å²) < 4.78 is 0. The van der Waals surface area contributed by atoms with Crippen molar-refractivity contribution in [3.05, 3.63) is 16.1 Å². The molecule has 0 bridgehead atoms. The SMILES string of the molecule is CC(C)(C)c1csc(C2CCN(C(=O)C3C(C(N)=O)CC4(CC4)CN3O)CC2)n1. The number of hydrogen-bond acceptors (Lipinski definition) is 6. The van der Waals surface area contributed by atoms with Gasteiger partial charge in [-0.25, -0.2) is 4.98 Å². The second kappa shape index (κ2) is 7.32. The molecule has 3 heterocycles. The summed E-state index contributed by atoms with van der Waals surface area (Å²) in [7, 11) is 0. The zero-order chi connectivity index (χ0) is 21.0. The number of likely N-dealkylation sites (tertiary alicyclic amines) is 1. The lowest BCUT2D eigenvalue weighted by molar-refractivity contribution is -0.193. The third-order valence-electron chi connectivity index (χ3n) is 6.87. The van der Waals surface area contributed by atoms with E-state index in [2.05, 4.69) is 26.2 Å². The maximum Gasteiger partial charge on any atom is 0.243 e. The van der Waals surface area contributed by atoms with Crippen LogP contribution in [0.3, 0.4) is 0 Å². The van der Waals surface area contributed by atoms with Crippen molar-refractivity contribution in [3.8, 4) is 0 Å². The molecule has 8 heteroatoms. The third kappa shape index (κ3) is 4.07. The lowest BCUT2D eigenvalue weighted by Crippen LogP contribution is -2.59. The van der Waals surface area contributed by atoms with Crippen LogP contribution >= 0.6 is 11.3 Å². The molecule has 1 aromatic heterocycles. The molecule has 0 radical (unpaired) electrons. The molecule has 29 heavy (non-hydrogen) atoms. The number of rotatable bonds is 3. The molecule has 2 unspecified atom stereocenters. The Kier molecular flexibility index (Phi) is 5.24. The average molecular weight is 421 g/mol. The highest BCUT2D eigenvalue weighted by atomic mass is 32.1. The van der Waals surface area contributed by atoms with Crippen molar-refractivity contribution in [1.82, 2.24) is 14.9 Å². The molecule has 2 aliphatic heterocycles. The van der Waals surface area contributed by atoms with Crippen LogP contribution in [-0.2, 0) is 15.0 Å². The Morgan fingerprint density at radius 2 is 1.93 bits per heavy atom. The molecule has 160 valence electrons. The van der Waals surface area contributed by atoms with Gasteiger partial charge in [0.15, 0.2) is 0 Å². The number of hydroxylamine groups is 2. The lowest BCUT2D eigenvalue weighted by Gasteiger charge is -2.42. The second-order valence-corrected chi connectivity index (χ2v) is 11.1. The highest BCUT2D eigenvalue weighted by molar-refractivity contribution is 7.09. The molecule has 7 nitrogen and oxygen atoms in total. The summed E-state index contributed by atoms with van der Waals surface area (Å²) in [5.74, 6) is -0.909. The number of nitrogens with zero attached hydrogens (tertiary/aromatic N) is 3. The number of carbonyl (C=O) groups is 2. The zero-order valence-corrected chi connectivity index (χ0v) is 18.4. The van der Waals surface area contributed by atoms with Crippen molar-refractivity contribution in [2.24, 2.45) is 17.1 Å². The van der Waals surface area contributed by atoms with Gasteiger partial charge in [-0.3, -0.25) is 9.59 Å². The topological polar surface area (TPSA) is 99.8 Å². The van der Waals surface area contributed by atoms with E-state index >= 15 is 0 Å². The molecule has 2 saturated heterocycles. The van der Waals surface area contributed by atoms with Crippen LogP contribution in [0.5, 0.6) is 0 Å². The number of primary amides is 1. The smallest absolute Gasteiger partial charge is 0.243 e. The maximum atomic E-state index is 13.2. The first-order chi connectivity index (χ1) is 13.6. The highest BCUT2D eigenvalue weighted by Crippen LogP contribution is 2.54. The standard InChI is InChI=1S/C21H32N4O3S/c1-20(2,3)15-11-29-18(23-15)13-4-8-24(9-5-13)19(27)16-14(17(22)26)10-21(6-7-21)12-25(16)28/h11,13-14,16,28H,4-10,12H2,1-3H3,(H2,22,26). The Labute approximate surface area is 176 Å². The van der Waals surface area contributed by atoms with E-state index in [9.17, 15) is 14.8 Å². The summed E-state index contributed by atoms with van der Waals surface area (Å²) in [6.07, 6.45) is 4.30. The Hall–Kier alpha value is -1.51. The minimum atomic E-state index is -0.845. The van der Waals surface area contributed by atoms with Gasteiger partial charge < -0.3 is 15.8 Å². The summed E-state index contributed by atoms with van der Waals surface area (Å²) in [4.78, 5) is 31.9. The Morgan fingerprint density at radius 3 is 2.45 bits per heavy atom. The van der Waals surface area contributed by atoms with Gasteiger partial charge in [-0.1, -0.05) is 20.8 Å². The second-order valence-electron chi connectivity index (χ2n) is 10.2. The van der Waals surface area contributed by atoms with Crippen LogP contribution in [-0.4, -0.2) is 57.6 Å². The van der Waals surface area contributed by atoms with Crippen molar-refractivity contribution >= 4 is 23.2 Å². The van der Waals surface area contributed by atoms with E-state index in [1.807, 2.05) is 0 Å². The molecule has 3 fully saturated rings. The average Bonchev–Trinajstić information content (AvgIpc) is 3.19. The number of thiazole rings is 1. The Bertz CT molecular complexity index is 790. The number of hydrogen-bond donors (Lipinski definition) is 2. The number of piperidine rings is 2. The molecule has 3 N–H and O–H groups in total. The molecule has 1 aliphatic carbocycles. The van der Waals surface area contributed by atoms with Crippen molar-refractivity contribution in [3.63, 3.8) is 0 Å². The molecule has 1 aromatic rings. The Balaban J connectivity index is 1.40. The van der Waals surface area contributed by atoms with Gasteiger partial charge in [0, 0.05) is 36.3 Å². The molecular weight excluding hydrogens is 388 g/mol.